The number of ether oxygens (including phenoxy) is 1. The van der Waals surface area contributed by atoms with E-state index in [2.05, 4.69) is 45.9 Å². The Labute approximate surface area is 179 Å². The van der Waals surface area contributed by atoms with Crippen molar-refractivity contribution >= 4 is 5.91 Å². The molecule has 4 nitrogen and oxygen atoms in total. The van der Waals surface area contributed by atoms with E-state index in [-0.39, 0.29) is 11.7 Å². The van der Waals surface area contributed by atoms with Crippen LogP contribution < -0.4 is 4.74 Å². The van der Waals surface area contributed by atoms with Crippen LogP contribution in [0.2, 0.25) is 0 Å². The summed E-state index contributed by atoms with van der Waals surface area (Å²) in [6.07, 6.45) is 6.04. The quantitative estimate of drug-likeness (QED) is 0.622. The Morgan fingerprint density at radius 2 is 1.90 bits per heavy atom. The van der Waals surface area contributed by atoms with Crippen molar-refractivity contribution in [2.24, 2.45) is 0 Å². The second-order valence-electron chi connectivity index (χ2n) is 9.25. The molecule has 0 saturated carbocycles. The molecule has 2 aromatic carbocycles. The zero-order valence-electron chi connectivity index (χ0n) is 18.7. The second-order valence-corrected chi connectivity index (χ2v) is 9.25. The molecule has 1 amide bonds. The van der Waals surface area contributed by atoms with Gasteiger partial charge < -0.3 is 14.7 Å². The molecule has 2 heterocycles. The van der Waals surface area contributed by atoms with Gasteiger partial charge >= 0.3 is 0 Å². The Morgan fingerprint density at radius 3 is 2.60 bits per heavy atom. The highest BCUT2D eigenvalue weighted by molar-refractivity contribution is 6.02. The number of hydrogen-bond donors (Lipinski definition) is 1. The number of aryl methyl sites for hydroxylation is 2. The molecule has 0 atom stereocenters. The molecule has 2 aliphatic rings. The molecule has 0 aromatic heterocycles. The second kappa shape index (κ2) is 7.98. The van der Waals surface area contributed by atoms with E-state index in [1.54, 1.807) is 0 Å². The summed E-state index contributed by atoms with van der Waals surface area (Å²) in [5.74, 6) is 0.719. The van der Waals surface area contributed by atoms with Crippen molar-refractivity contribution in [2.75, 3.05) is 13.1 Å². The molecule has 0 unspecified atom stereocenters. The molecule has 0 radical (unpaired) electrons. The standard InChI is InChI=1S/C26H33NO3/c1-5-6-7-10-18-16-21-23(24(28)22(18)25(29)27-13-8-9-14-27)19-15-17(2)11-12-20(19)26(3,4)30-21/h11-12,15-16,28H,5-10,13-14H2,1-4H3. The summed E-state index contributed by atoms with van der Waals surface area (Å²) in [7, 11) is 0. The molecule has 4 rings (SSSR count). The highest BCUT2D eigenvalue weighted by atomic mass is 16.5. The minimum Gasteiger partial charge on any atom is -0.506 e. The molecule has 1 saturated heterocycles. The average molecular weight is 408 g/mol. The van der Waals surface area contributed by atoms with Crippen molar-refractivity contribution in [3.05, 3.63) is 46.5 Å². The predicted molar refractivity (Wildman–Crippen MR) is 120 cm³/mol. The van der Waals surface area contributed by atoms with Crippen LogP contribution in [0, 0.1) is 6.92 Å². The summed E-state index contributed by atoms with van der Waals surface area (Å²) in [4.78, 5) is 15.3. The van der Waals surface area contributed by atoms with Crippen LogP contribution in [0.15, 0.2) is 24.3 Å². The Bertz CT molecular complexity index is 971. The third kappa shape index (κ3) is 3.57. The van der Waals surface area contributed by atoms with E-state index in [1.807, 2.05) is 11.0 Å². The molecule has 2 aromatic rings. The number of carbonyl (C=O) groups excluding carboxylic acids is 1. The van der Waals surface area contributed by atoms with Gasteiger partial charge in [0, 0.05) is 18.7 Å². The number of phenols is 1. The Kier molecular flexibility index (Phi) is 5.52. The lowest BCUT2D eigenvalue weighted by Gasteiger charge is -2.36. The van der Waals surface area contributed by atoms with E-state index in [1.165, 1.54) is 0 Å². The third-order valence-electron chi connectivity index (χ3n) is 6.46. The van der Waals surface area contributed by atoms with Gasteiger partial charge in [-0.1, -0.05) is 43.5 Å². The number of hydrogen-bond acceptors (Lipinski definition) is 3. The maximum Gasteiger partial charge on any atom is 0.257 e. The van der Waals surface area contributed by atoms with Gasteiger partial charge in [-0.05, 0) is 63.6 Å². The van der Waals surface area contributed by atoms with Crippen LogP contribution in [0.5, 0.6) is 11.5 Å². The van der Waals surface area contributed by atoms with Crippen LogP contribution >= 0.6 is 0 Å². The van der Waals surface area contributed by atoms with Crippen LogP contribution in [-0.4, -0.2) is 29.0 Å². The van der Waals surface area contributed by atoms with Gasteiger partial charge in [0.25, 0.3) is 5.91 Å². The maximum atomic E-state index is 13.4. The van der Waals surface area contributed by atoms with Crippen LogP contribution in [0.1, 0.15) is 79.9 Å². The van der Waals surface area contributed by atoms with Gasteiger partial charge in [0.05, 0.1) is 11.1 Å². The molecule has 30 heavy (non-hydrogen) atoms. The van der Waals surface area contributed by atoms with E-state index in [9.17, 15) is 9.90 Å². The van der Waals surface area contributed by atoms with Crippen LogP contribution in [-0.2, 0) is 12.0 Å². The van der Waals surface area contributed by atoms with Gasteiger partial charge in [-0.3, -0.25) is 4.79 Å². The molecule has 0 spiro atoms. The van der Waals surface area contributed by atoms with Crippen molar-refractivity contribution in [1.82, 2.24) is 4.90 Å². The number of unbranched alkanes of at least 4 members (excludes halogenated alkanes) is 2. The summed E-state index contributed by atoms with van der Waals surface area (Å²) in [6.45, 7) is 9.87. The lowest BCUT2D eigenvalue weighted by molar-refractivity contribution is 0.0788. The zero-order chi connectivity index (χ0) is 21.5. The Morgan fingerprint density at radius 1 is 1.17 bits per heavy atom. The highest BCUT2D eigenvalue weighted by Gasteiger charge is 2.37. The Hall–Kier alpha value is -2.49. The van der Waals surface area contributed by atoms with E-state index < -0.39 is 5.60 Å². The SMILES string of the molecule is CCCCCc1cc2c(c(O)c1C(=O)N1CCCC1)-c1cc(C)ccc1C(C)(C)O2. The Balaban J connectivity index is 1.90. The van der Waals surface area contributed by atoms with Gasteiger partial charge in [0.1, 0.15) is 17.1 Å². The molecular weight excluding hydrogens is 374 g/mol. The van der Waals surface area contributed by atoms with Crippen LogP contribution in [0.3, 0.4) is 0 Å². The molecule has 160 valence electrons. The first-order valence-electron chi connectivity index (χ1n) is 11.3. The number of carbonyl (C=O) groups is 1. The lowest BCUT2D eigenvalue weighted by atomic mass is 9.83. The molecule has 1 N–H and O–H groups in total. The number of fused-ring (bicyclic) bond motifs is 3. The zero-order valence-corrected chi connectivity index (χ0v) is 18.7. The normalized spacial score (nSPS) is 16.7. The fraction of sp³-hybridized carbons (Fsp3) is 0.500. The predicted octanol–water partition coefficient (Wildman–Crippen LogP) is 5.96. The van der Waals surface area contributed by atoms with E-state index in [0.29, 0.717) is 16.9 Å². The minimum atomic E-state index is -0.496. The van der Waals surface area contributed by atoms with Gasteiger partial charge in [-0.15, -0.1) is 0 Å². The number of phenolic OH excluding ortho intramolecular Hbond substituents is 1. The molecule has 0 bridgehead atoms. The smallest absolute Gasteiger partial charge is 0.257 e. The molecular formula is C26H33NO3. The fourth-order valence-corrected chi connectivity index (χ4v) is 4.84. The van der Waals surface area contributed by atoms with Crippen molar-refractivity contribution in [2.45, 2.75) is 71.8 Å². The molecule has 0 aliphatic carbocycles. The third-order valence-corrected chi connectivity index (χ3v) is 6.46. The number of amides is 1. The minimum absolute atomic E-state index is 0.0432. The van der Waals surface area contributed by atoms with Gasteiger partial charge in [0.2, 0.25) is 0 Å². The van der Waals surface area contributed by atoms with Crippen molar-refractivity contribution in [3.63, 3.8) is 0 Å². The highest BCUT2D eigenvalue weighted by Crippen LogP contribution is 2.51. The summed E-state index contributed by atoms with van der Waals surface area (Å²) < 4.78 is 6.39. The number of likely N-dealkylation sites (tertiary alicyclic amines) is 1. The van der Waals surface area contributed by atoms with E-state index in [4.69, 9.17) is 4.74 Å². The van der Waals surface area contributed by atoms with Gasteiger partial charge in [0.15, 0.2) is 0 Å². The maximum absolute atomic E-state index is 13.4. The molecule has 1 fully saturated rings. The van der Waals surface area contributed by atoms with Crippen LogP contribution in [0.25, 0.3) is 11.1 Å². The number of aromatic hydroxyl groups is 1. The van der Waals surface area contributed by atoms with E-state index >= 15 is 0 Å². The van der Waals surface area contributed by atoms with Crippen LogP contribution in [0.4, 0.5) is 0 Å². The first kappa shape index (κ1) is 20.8. The lowest BCUT2D eigenvalue weighted by Crippen LogP contribution is -2.31. The molecule has 2 aliphatic heterocycles. The summed E-state index contributed by atoms with van der Waals surface area (Å²) in [6, 6.07) is 8.26. The average Bonchev–Trinajstić information content (AvgIpc) is 3.21. The summed E-state index contributed by atoms with van der Waals surface area (Å²) in [5.41, 5.74) is 4.67. The largest absolute Gasteiger partial charge is 0.506 e. The van der Waals surface area contributed by atoms with Crippen molar-refractivity contribution in [3.8, 4) is 22.6 Å². The fourth-order valence-electron chi connectivity index (χ4n) is 4.84. The topological polar surface area (TPSA) is 49.8 Å². The van der Waals surface area contributed by atoms with Gasteiger partial charge in [-0.2, -0.15) is 0 Å². The summed E-state index contributed by atoms with van der Waals surface area (Å²) in [5, 5.41) is 11.5. The summed E-state index contributed by atoms with van der Waals surface area (Å²) >= 11 is 0. The number of nitrogens with zero attached hydrogens (tertiary/aromatic N) is 1. The van der Waals surface area contributed by atoms with Crippen molar-refractivity contribution < 1.29 is 14.6 Å². The molecule has 4 heteroatoms. The van der Waals surface area contributed by atoms with E-state index in [0.717, 1.165) is 73.9 Å². The first-order valence-corrected chi connectivity index (χ1v) is 11.3. The van der Waals surface area contributed by atoms with Gasteiger partial charge in [-0.25, -0.2) is 0 Å². The first-order chi connectivity index (χ1) is 14.3. The number of rotatable bonds is 5. The number of benzene rings is 2. The monoisotopic (exact) mass is 407 g/mol. The van der Waals surface area contributed by atoms with Crippen molar-refractivity contribution in [1.29, 1.82) is 0 Å².